The third kappa shape index (κ3) is 8.12. The first-order valence-corrected chi connectivity index (χ1v) is 13.6. The van der Waals surface area contributed by atoms with Gasteiger partial charge >= 0.3 is 17.7 Å². The summed E-state index contributed by atoms with van der Waals surface area (Å²) < 4.78 is 15.6. The fourth-order valence-corrected chi connectivity index (χ4v) is 4.75. The molecule has 4 rings (SSSR count). The Balaban J connectivity index is 1.60. The van der Waals surface area contributed by atoms with E-state index in [4.69, 9.17) is 19.9 Å². The van der Waals surface area contributed by atoms with E-state index in [0.717, 1.165) is 36.3 Å². The van der Waals surface area contributed by atoms with E-state index >= 15 is 0 Å². The molecule has 12 nitrogen and oxygen atoms in total. The summed E-state index contributed by atoms with van der Waals surface area (Å²) in [6, 6.07) is 16.2. The maximum absolute atomic E-state index is 12.5. The van der Waals surface area contributed by atoms with E-state index in [1.807, 2.05) is 24.3 Å². The summed E-state index contributed by atoms with van der Waals surface area (Å²) in [6.07, 6.45) is 2.50. The van der Waals surface area contributed by atoms with Crippen LogP contribution in [0.2, 0.25) is 0 Å². The summed E-state index contributed by atoms with van der Waals surface area (Å²) in [5, 5.41) is 12.0. The SMILES string of the molecule is CCOC(=O)CN(Cc1ccc(-c2cccc(CN3CCCC3)c2)cc1)c1nc(OCCOC)nc(N)c1[N+](=O)[O-]. The Morgan fingerprint density at radius 2 is 1.83 bits per heavy atom. The first-order chi connectivity index (χ1) is 19.9. The van der Waals surface area contributed by atoms with Crippen molar-refractivity contribution in [3.05, 3.63) is 69.8 Å². The second-order valence-electron chi connectivity index (χ2n) is 9.70. The smallest absolute Gasteiger partial charge is 0.353 e. The van der Waals surface area contributed by atoms with Gasteiger partial charge < -0.3 is 24.8 Å². The molecule has 2 N–H and O–H groups in total. The van der Waals surface area contributed by atoms with E-state index in [2.05, 4.69) is 39.1 Å². The number of hydrogen-bond acceptors (Lipinski definition) is 11. The number of esters is 1. The van der Waals surface area contributed by atoms with Crippen molar-refractivity contribution in [1.29, 1.82) is 0 Å². The highest BCUT2D eigenvalue weighted by atomic mass is 16.6. The summed E-state index contributed by atoms with van der Waals surface area (Å²) >= 11 is 0. The van der Waals surface area contributed by atoms with Crippen molar-refractivity contribution in [3.8, 4) is 17.1 Å². The number of rotatable bonds is 14. The molecule has 2 aromatic carbocycles. The quantitative estimate of drug-likeness (QED) is 0.132. The Morgan fingerprint density at radius 1 is 1.07 bits per heavy atom. The van der Waals surface area contributed by atoms with E-state index in [9.17, 15) is 14.9 Å². The molecule has 1 aliphatic rings. The summed E-state index contributed by atoms with van der Waals surface area (Å²) in [4.78, 5) is 35.9. The molecule has 0 aliphatic carbocycles. The molecule has 1 aliphatic heterocycles. The van der Waals surface area contributed by atoms with Crippen LogP contribution in [0.1, 0.15) is 30.9 Å². The van der Waals surface area contributed by atoms with Gasteiger partial charge in [0.25, 0.3) is 0 Å². The van der Waals surface area contributed by atoms with Gasteiger partial charge in [-0.25, -0.2) is 0 Å². The molecule has 0 atom stereocenters. The Morgan fingerprint density at radius 3 is 2.51 bits per heavy atom. The van der Waals surface area contributed by atoms with Gasteiger partial charge in [-0.2, -0.15) is 9.97 Å². The zero-order valence-corrected chi connectivity index (χ0v) is 23.5. The van der Waals surface area contributed by atoms with E-state index < -0.39 is 16.6 Å². The number of nitro groups is 1. The summed E-state index contributed by atoms with van der Waals surface area (Å²) in [5.74, 6) is -1.07. The van der Waals surface area contributed by atoms with Crippen LogP contribution < -0.4 is 15.4 Å². The van der Waals surface area contributed by atoms with E-state index in [0.29, 0.717) is 0 Å². The number of methoxy groups -OCH3 is 1. The Bertz CT molecular complexity index is 1330. The van der Waals surface area contributed by atoms with Crippen molar-refractivity contribution in [3.63, 3.8) is 0 Å². The molecule has 0 unspecified atom stereocenters. The molecule has 2 heterocycles. The van der Waals surface area contributed by atoms with Gasteiger partial charge in [-0.05, 0) is 61.2 Å². The lowest BCUT2D eigenvalue weighted by Gasteiger charge is -2.23. The van der Waals surface area contributed by atoms with Gasteiger partial charge in [-0.15, -0.1) is 0 Å². The number of nitrogen functional groups attached to an aromatic ring is 1. The van der Waals surface area contributed by atoms with Gasteiger partial charge in [-0.1, -0.05) is 42.5 Å². The van der Waals surface area contributed by atoms with Crippen LogP contribution in [-0.2, 0) is 27.4 Å². The Labute approximate surface area is 239 Å². The molecular formula is C29H36N6O6. The standard InChI is InChI=1S/C29H36N6O6/c1-3-40-25(36)20-34(28-26(35(37)38)27(30)31-29(32-28)41-16-15-39-2)19-21-9-11-23(12-10-21)24-8-6-7-22(17-24)18-33-13-4-5-14-33/h6-12,17H,3-5,13-16,18-20H2,1-2H3,(H2,30,31,32). The van der Waals surface area contributed by atoms with Crippen LogP contribution in [0.25, 0.3) is 11.1 Å². The van der Waals surface area contributed by atoms with E-state index in [1.54, 1.807) is 6.92 Å². The maximum atomic E-state index is 12.5. The second kappa shape index (κ2) is 14.4. The van der Waals surface area contributed by atoms with Crippen LogP contribution in [0.5, 0.6) is 6.01 Å². The van der Waals surface area contributed by atoms with Crippen molar-refractivity contribution < 1.29 is 23.9 Å². The molecule has 41 heavy (non-hydrogen) atoms. The summed E-state index contributed by atoms with van der Waals surface area (Å²) in [6.45, 7) is 5.28. The van der Waals surface area contributed by atoms with Crippen molar-refractivity contribution in [2.45, 2.75) is 32.9 Å². The first kappa shape index (κ1) is 29.7. The van der Waals surface area contributed by atoms with Crippen molar-refractivity contribution >= 4 is 23.3 Å². The van der Waals surface area contributed by atoms with Crippen LogP contribution in [-0.4, -0.2) is 72.3 Å². The van der Waals surface area contributed by atoms with Gasteiger partial charge in [-0.3, -0.25) is 19.8 Å². The Kier molecular flexibility index (Phi) is 10.4. The molecule has 0 spiro atoms. The van der Waals surface area contributed by atoms with Gasteiger partial charge in [0.2, 0.25) is 11.6 Å². The number of carbonyl (C=O) groups excluding carboxylic acids is 1. The van der Waals surface area contributed by atoms with Gasteiger partial charge in [0.15, 0.2) is 0 Å². The number of nitrogens with zero attached hydrogens (tertiary/aromatic N) is 5. The fourth-order valence-electron chi connectivity index (χ4n) is 4.75. The minimum atomic E-state index is -0.667. The zero-order chi connectivity index (χ0) is 29.2. The van der Waals surface area contributed by atoms with Crippen LogP contribution >= 0.6 is 0 Å². The van der Waals surface area contributed by atoms with Crippen molar-refractivity contribution in [1.82, 2.24) is 14.9 Å². The monoisotopic (exact) mass is 564 g/mol. The van der Waals surface area contributed by atoms with Gasteiger partial charge in [0, 0.05) is 20.2 Å². The zero-order valence-electron chi connectivity index (χ0n) is 23.5. The highest BCUT2D eigenvalue weighted by Gasteiger charge is 2.29. The highest BCUT2D eigenvalue weighted by molar-refractivity contribution is 5.79. The maximum Gasteiger partial charge on any atom is 0.353 e. The first-order valence-electron chi connectivity index (χ1n) is 13.6. The minimum absolute atomic E-state index is 0.117. The van der Waals surface area contributed by atoms with Crippen LogP contribution in [0, 0.1) is 10.1 Å². The molecule has 1 aromatic heterocycles. The second-order valence-corrected chi connectivity index (χ2v) is 9.70. The molecule has 0 radical (unpaired) electrons. The van der Waals surface area contributed by atoms with Crippen molar-refractivity contribution in [2.75, 3.05) is 57.2 Å². The number of likely N-dealkylation sites (tertiary alicyclic amines) is 1. The lowest BCUT2D eigenvalue weighted by molar-refractivity contribution is -0.383. The number of carbonyl (C=O) groups is 1. The largest absolute Gasteiger partial charge is 0.465 e. The molecule has 12 heteroatoms. The number of hydrogen-bond donors (Lipinski definition) is 1. The predicted octanol–water partition coefficient (Wildman–Crippen LogP) is 3.82. The number of aromatic nitrogens is 2. The average Bonchev–Trinajstić information content (AvgIpc) is 3.46. The van der Waals surface area contributed by atoms with Crippen LogP contribution in [0.4, 0.5) is 17.3 Å². The van der Waals surface area contributed by atoms with Gasteiger partial charge in [0.1, 0.15) is 13.2 Å². The molecule has 3 aromatic rings. The van der Waals surface area contributed by atoms with E-state index in [1.165, 1.54) is 30.4 Å². The molecule has 218 valence electrons. The molecular weight excluding hydrogens is 528 g/mol. The number of benzene rings is 2. The topological polar surface area (TPSA) is 146 Å². The van der Waals surface area contributed by atoms with Crippen LogP contribution in [0.3, 0.4) is 0 Å². The Hall–Kier alpha value is -4.29. The van der Waals surface area contributed by atoms with Gasteiger partial charge in [0.05, 0.1) is 18.1 Å². The molecule has 0 amide bonds. The highest BCUT2D eigenvalue weighted by Crippen LogP contribution is 2.34. The average molecular weight is 565 g/mol. The molecule has 1 fully saturated rings. The molecule has 1 saturated heterocycles. The third-order valence-electron chi connectivity index (χ3n) is 6.69. The molecule has 0 saturated carbocycles. The third-order valence-corrected chi connectivity index (χ3v) is 6.69. The molecule has 0 bridgehead atoms. The summed E-state index contributed by atoms with van der Waals surface area (Å²) in [7, 11) is 1.51. The normalized spacial score (nSPS) is 13.2. The number of anilines is 2. The minimum Gasteiger partial charge on any atom is -0.465 e. The van der Waals surface area contributed by atoms with Crippen LogP contribution in [0.15, 0.2) is 48.5 Å². The van der Waals surface area contributed by atoms with E-state index in [-0.39, 0.29) is 50.6 Å². The predicted molar refractivity (Wildman–Crippen MR) is 155 cm³/mol. The fraction of sp³-hybridized carbons (Fsp3) is 0.414. The lowest BCUT2D eigenvalue weighted by Crippen LogP contribution is -2.32. The van der Waals surface area contributed by atoms with Crippen molar-refractivity contribution in [2.24, 2.45) is 0 Å². The lowest BCUT2D eigenvalue weighted by atomic mass is 10.0. The summed E-state index contributed by atoms with van der Waals surface area (Å²) in [5.41, 5.74) is 9.65. The number of ether oxygens (including phenoxy) is 3. The number of nitrogens with two attached hydrogens (primary N) is 1.